The fourth-order valence-electron chi connectivity index (χ4n) is 1.70. The highest BCUT2D eigenvalue weighted by molar-refractivity contribution is 5.74. The van der Waals surface area contributed by atoms with E-state index in [9.17, 15) is 5.11 Å². The molecule has 1 aromatic rings. The zero-order chi connectivity index (χ0) is 10.3. The molecule has 1 aliphatic heterocycles. The monoisotopic (exact) mass is 192 g/mol. The van der Waals surface area contributed by atoms with E-state index in [4.69, 9.17) is 0 Å². The van der Waals surface area contributed by atoms with Crippen molar-refractivity contribution in [2.45, 2.75) is 19.4 Å². The minimum Gasteiger partial charge on any atom is -0.508 e. The second-order valence-electron chi connectivity index (χ2n) is 4.43. The SMILES string of the molecule is CN1c2cc(O)ccc2NCC1(C)C. The number of likely N-dealkylation sites (N-methyl/N-ethyl adjacent to an activating group) is 1. The van der Waals surface area contributed by atoms with E-state index in [1.807, 2.05) is 6.07 Å². The zero-order valence-electron chi connectivity index (χ0n) is 8.83. The number of nitrogens with one attached hydrogen (secondary N) is 1. The molecule has 2 rings (SSSR count). The topological polar surface area (TPSA) is 35.5 Å². The smallest absolute Gasteiger partial charge is 0.117 e. The van der Waals surface area contributed by atoms with Gasteiger partial charge < -0.3 is 15.3 Å². The second kappa shape index (κ2) is 2.80. The van der Waals surface area contributed by atoms with Crippen molar-refractivity contribution >= 4 is 11.4 Å². The van der Waals surface area contributed by atoms with Crippen LogP contribution in [0, 0.1) is 0 Å². The van der Waals surface area contributed by atoms with Gasteiger partial charge in [0.1, 0.15) is 5.75 Å². The predicted octanol–water partition coefficient (Wildman–Crippen LogP) is 2.03. The molecular formula is C11H16N2O. The van der Waals surface area contributed by atoms with Crippen LogP contribution < -0.4 is 10.2 Å². The Balaban J connectivity index is 2.48. The second-order valence-corrected chi connectivity index (χ2v) is 4.43. The van der Waals surface area contributed by atoms with Crippen LogP contribution in [0.1, 0.15) is 13.8 Å². The highest BCUT2D eigenvalue weighted by Crippen LogP contribution is 2.36. The molecule has 1 aliphatic rings. The molecule has 1 heterocycles. The van der Waals surface area contributed by atoms with Crippen LogP contribution >= 0.6 is 0 Å². The van der Waals surface area contributed by atoms with Gasteiger partial charge in [0.2, 0.25) is 0 Å². The number of nitrogens with zero attached hydrogens (tertiary/aromatic N) is 1. The van der Waals surface area contributed by atoms with Gasteiger partial charge in [0.05, 0.1) is 16.9 Å². The summed E-state index contributed by atoms with van der Waals surface area (Å²) in [5.41, 5.74) is 2.23. The Morgan fingerprint density at radius 3 is 2.86 bits per heavy atom. The molecule has 76 valence electrons. The summed E-state index contributed by atoms with van der Waals surface area (Å²) in [4.78, 5) is 2.19. The van der Waals surface area contributed by atoms with Gasteiger partial charge in [-0.15, -0.1) is 0 Å². The molecule has 0 fully saturated rings. The van der Waals surface area contributed by atoms with Gasteiger partial charge in [-0.05, 0) is 26.0 Å². The standard InChI is InChI=1S/C11H16N2O/c1-11(2)7-12-9-5-4-8(14)6-10(9)13(11)3/h4-6,12,14H,7H2,1-3H3. The molecule has 0 atom stereocenters. The van der Waals surface area contributed by atoms with E-state index in [-0.39, 0.29) is 5.54 Å². The number of hydrogen-bond donors (Lipinski definition) is 2. The van der Waals surface area contributed by atoms with E-state index >= 15 is 0 Å². The number of phenolic OH excluding ortho intramolecular Hbond substituents is 1. The quantitative estimate of drug-likeness (QED) is 0.617. The van der Waals surface area contributed by atoms with Crippen LogP contribution in [0.2, 0.25) is 0 Å². The van der Waals surface area contributed by atoms with Crippen LogP contribution in [-0.2, 0) is 0 Å². The van der Waals surface area contributed by atoms with Crippen LogP contribution in [-0.4, -0.2) is 24.2 Å². The first-order valence-electron chi connectivity index (χ1n) is 4.81. The Kier molecular flexibility index (Phi) is 1.84. The Hall–Kier alpha value is -1.38. The third kappa shape index (κ3) is 1.29. The fraction of sp³-hybridized carbons (Fsp3) is 0.455. The lowest BCUT2D eigenvalue weighted by molar-refractivity contribution is 0.471. The van der Waals surface area contributed by atoms with Gasteiger partial charge in [-0.2, -0.15) is 0 Å². The third-order valence-corrected chi connectivity index (χ3v) is 2.96. The normalized spacial score (nSPS) is 18.6. The van der Waals surface area contributed by atoms with Gasteiger partial charge in [-0.1, -0.05) is 0 Å². The van der Waals surface area contributed by atoms with Crippen molar-refractivity contribution < 1.29 is 5.11 Å². The van der Waals surface area contributed by atoms with E-state index in [2.05, 4.69) is 31.1 Å². The molecule has 1 aromatic carbocycles. The summed E-state index contributed by atoms with van der Waals surface area (Å²) >= 11 is 0. The first-order chi connectivity index (χ1) is 6.50. The molecule has 0 aliphatic carbocycles. The summed E-state index contributed by atoms with van der Waals surface area (Å²) in [5.74, 6) is 0.315. The molecule has 0 spiro atoms. The summed E-state index contributed by atoms with van der Waals surface area (Å²) in [5, 5.41) is 12.8. The van der Waals surface area contributed by atoms with Gasteiger partial charge >= 0.3 is 0 Å². The van der Waals surface area contributed by atoms with Crippen LogP contribution in [0.15, 0.2) is 18.2 Å². The van der Waals surface area contributed by atoms with Gasteiger partial charge in [-0.3, -0.25) is 0 Å². The largest absolute Gasteiger partial charge is 0.508 e. The number of fused-ring (bicyclic) bond motifs is 1. The average molecular weight is 192 g/mol. The molecule has 0 saturated carbocycles. The Bertz CT molecular complexity index is 360. The zero-order valence-corrected chi connectivity index (χ0v) is 8.83. The van der Waals surface area contributed by atoms with Crippen molar-refractivity contribution in [3.05, 3.63) is 18.2 Å². The Morgan fingerprint density at radius 2 is 2.14 bits per heavy atom. The maximum Gasteiger partial charge on any atom is 0.117 e. The molecule has 3 nitrogen and oxygen atoms in total. The maximum absolute atomic E-state index is 9.42. The molecule has 0 aromatic heterocycles. The highest BCUT2D eigenvalue weighted by Gasteiger charge is 2.29. The van der Waals surface area contributed by atoms with E-state index in [0.29, 0.717) is 5.75 Å². The molecule has 0 bridgehead atoms. The van der Waals surface area contributed by atoms with Crippen molar-refractivity contribution in [1.82, 2.24) is 0 Å². The molecule has 0 amide bonds. The third-order valence-electron chi connectivity index (χ3n) is 2.96. The van der Waals surface area contributed by atoms with Gasteiger partial charge in [0, 0.05) is 19.7 Å². The van der Waals surface area contributed by atoms with E-state index in [1.54, 1.807) is 12.1 Å². The lowest BCUT2D eigenvalue weighted by Gasteiger charge is -2.43. The van der Waals surface area contributed by atoms with Crippen molar-refractivity contribution in [1.29, 1.82) is 0 Å². The minimum atomic E-state index is 0.0841. The lowest BCUT2D eigenvalue weighted by atomic mass is 9.98. The molecule has 0 unspecified atom stereocenters. The summed E-state index contributed by atoms with van der Waals surface area (Å²) in [7, 11) is 2.05. The minimum absolute atomic E-state index is 0.0841. The Labute approximate surface area is 84.4 Å². The summed E-state index contributed by atoms with van der Waals surface area (Å²) in [6.07, 6.45) is 0. The fourth-order valence-corrected chi connectivity index (χ4v) is 1.70. The molecule has 2 N–H and O–H groups in total. The Morgan fingerprint density at radius 1 is 1.43 bits per heavy atom. The average Bonchev–Trinajstić information content (AvgIpc) is 2.13. The summed E-state index contributed by atoms with van der Waals surface area (Å²) < 4.78 is 0. The van der Waals surface area contributed by atoms with E-state index < -0.39 is 0 Å². The van der Waals surface area contributed by atoms with Crippen LogP contribution in [0.3, 0.4) is 0 Å². The van der Waals surface area contributed by atoms with Gasteiger partial charge in [0.25, 0.3) is 0 Å². The van der Waals surface area contributed by atoms with Crippen molar-refractivity contribution in [2.75, 3.05) is 23.8 Å². The van der Waals surface area contributed by atoms with Crippen LogP contribution in [0.4, 0.5) is 11.4 Å². The number of aromatic hydroxyl groups is 1. The number of rotatable bonds is 0. The summed E-state index contributed by atoms with van der Waals surface area (Å²) in [6, 6.07) is 5.41. The number of hydrogen-bond acceptors (Lipinski definition) is 3. The first-order valence-corrected chi connectivity index (χ1v) is 4.81. The number of benzene rings is 1. The van der Waals surface area contributed by atoms with Gasteiger partial charge in [-0.25, -0.2) is 0 Å². The van der Waals surface area contributed by atoms with Crippen molar-refractivity contribution in [3.8, 4) is 5.75 Å². The van der Waals surface area contributed by atoms with Crippen molar-refractivity contribution in [3.63, 3.8) is 0 Å². The predicted molar refractivity (Wildman–Crippen MR) is 59.1 cm³/mol. The molecule has 0 radical (unpaired) electrons. The van der Waals surface area contributed by atoms with Gasteiger partial charge in [0.15, 0.2) is 0 Å². The maximum atomic E-state index is 9.42. The molecule has 0 saturated heterocycles. The summed E-state index contributed by atoms with van der Waals surface area (Å²) in [6.45, 7) is 5.27. The highest BCUT2D eigenvalue weighted by atomic mass is 16.3. The lowest BCUT2D eigenvalue weighted by Crippen LogP contribution is -2.49. The van der Waals surface area contributed by atoms with Crippen LogP contribution in [0.25, 0.3) is 0 Å². The molecular weight excluding hydrogens is 176 g/mol. The first kappa shape index (κ1) is 9.19. The molecule has 3 heteroatoms. The molecule has 14 heavy (non-hydrogen) atoms. The van der Waals surface area contributed by atoms with E-state index in [1.165, 1.54) is 0 Å². The number of phenols is 1. The number of anilines is 2. The van der Waals surface area contributed by atoms with E-state index in [0.717, 1.165) is 17.9 Å². The van der Waals surface area contributed by atoms with Crippen LogP contribution in [0.5, 0.6) is 5.75 Å². The van der Waals surface area contributed by atoms with Crippen molar-refractivity contribution in [2.24, 2.45) is 0 Å².